The molecule has 0 saturated heterocycles. The van der Waals surface area contributed by atoms with Crippen molar-refractivity contribution in [2.24, 2.45) is 5.84 Å². The molecule has 1 aromatic heterocycles. The van der Waals surface area contributed by atoms with E-state index < -0.39 is 6.10 Å². The summed E-state index contributed by atoms with van der Waals surface area (Å²) in [6, 6.07) is 0. The zero-order chi connectivity index (χ0) is 11.3. The predicted octanol–water partition coefficient (Wildman–Crippen LogP) is -0.819. The van der Waals surface area contributed by atoms with Crippen LogP contribution in [0.1, 0.15) is 0 Å². The van der Waals surface area contributed by atoms with Gasteiger partial charge in [0, 0.05) is 6.54 Å². The van der Waals surface area contributed by atoms with Crippen LogP contribution in [0, 0.1) is 0 Å². The highest BCUT2D eigenvalue weighted by molar-refractivity contribution is 6.32. The Morgan fingerprint density at radius 3 is 2.93 bits per heavy atom. The SMILES string of the molecule is NNc1ncc(Cl)c(NCC(O)CO)n1. The monoisotopic (exact) mass is 233 g/mol. The van der Waals surface area contributed by atoms with Crippen LogP contribution in [-0.4, -0.2) is 39.4 Å². The molecule has 1 rings (SSSR count). The van der Waals surface area contributed by atoms with Crippen LogP contribution in [0.2, 0.25) is 5.02 Å². The third kappa shape index (κ3) is 3.48. The Kier molecular flexibility index (Phi) is 4.50. The summed E-state index contributed by atoms with van der Waals surface area (Å²) in [5.41, 5.74) is 2.26. The van der Waals surface area contributed by atoms with Gasteiger partial charge in [0.05, 0.1) is 18.9 Å². The molecule has 0 aliphatic rings. The molecule has 0 radical (unpaired) electrons. The molecule has 0 spiro atoms. The zero-order valence-electron chi connectivity index (χ0n) is 7.81. The molecule has 0 amide bonds. The Hall–Kier alpha value is -1.15. The number of halogens is 1. The second-order valence-corrected chi connectivity index (χ2v) is 3.16. The number of aliphatic hydroxyl groups excluding tert-OH is 2. The van der Waals surface area contributed by atoms with Gasteiger partial charge < -0.3 is 15.5 Å². The smallest absolute Gasteiger partial charge is 0.239 e. The van der Waals surface area contributed by atoms with E-state index >= 15 is 0 Å². The molecule has 1 heterocycles. The van der Waals surface area contributed by atoms with Gasteiger partial charge in [0.2, 0.25) is 5.95 Å². The molecule has 8 heteroatoms. The van der Waals surface area contributed by atoms with Crippen LogP contribution < -0.4 is 16.6 Å². The Morgan fingerprint density at radius 1 is 1.60 bits per heavy atom. The minimum Gasteiger partial charge on any atom is -0.394 e. The number of aliphatic hydroxyl groups is 2. The van der Waals surface area contributed by atoms with E-state index in [1.807, 2.05) is 0 Å². The lowest BCUT2D eigenvalue weighted by Crippen LogP contribution is -2.23. The Bertz CT molecular complexity index is 324. The molecule has 0 bridgehead atoms. The molecular formula is C7H12ClN5O2. The number of anilines is 2. The standard InChI is InChI=1S/C7H12ClN5O2/c8-5-2-11-7(13-9)12-6(5)10-1-4(15)3-14/h2,4,14-15H,1,3,9H2,(H2,10,11,12,13). The second-order valence-electron chi connectivity index (χ2n) is 2.75. The van der Waals surface area contributed by atoms with Crippen molar-refractivity contribution in [3.8, 4) is 0 Å². The van der Waals surface area contributed by atoms with Gasteiger partial charge in [0.15, 0.2) is 5.82 Å². The quantitative estimate of drug-likeness (QED) is 0.333. The van der Waals surface area contributed by atoms with Gasteiger partial charge in [-0.3, -0.25) is 5.43 Å². The highest BCUT2D eigenvalue weighted by Gasteiger charge is 2.06. The van der Waals surface area contributed by atoms with Crippen molar-refractivity contribution in [3.05, 3.63) is 11.2 Å². The summed E-state index contributed by atoms with van der Waals surface area (Å²) < 4.78 is 0. The third-order valence-corrected chi connectivity index (χ3v) is 1.87. The van der Waals surface area contributed by atoms with Gasteiger partial charge in [-0.2, -0.15) is 4.98 Å². The molecule has 0 aromatic carbocycles. The number of hydrogen-bond acceptors (Lipinski definition) is 7. The first-order valence-corrected chi connectivity index (χ1v) is 4.57. The fourth-order valence-electron chi connectivity index (χ4n) is 0.840. The molecule has 7 nitrogen and oxygen atoms in total. The van der Waals surface area contributed by atoms with E-state index in [1.54, 1.807) is 0 Å². The largest absolute Gasteiger partial charge is 0.394 e. The lowest BCUT2D eigenvalue weighted by Gasteiger charge is -2.11. The molecule has 0 aliphatic heterocycles. The molecule has 0 saturated carbocycles. The summed E-state index contributed by atoms with van der Waals surface area (Å²) in [5, 5.41) is 20.7. The lowest BCUT2D eigenvalue weighted by atomic mass is 10.4. The van der Waals surface area contributed by atoms with Crippen molar-refractivity contribution in [1.29, 1.82) is 0 Å². The molecule has 1 unspecified atom stereocenters. The average molecular weight is 234 g/mol. The topological polar surface area (TPSA) is 116 Å². The summed E-state index contributed by atoms with van der Waals surface area (Å²) in [4.78, 5) is 7.69. The summed E-state index contributed by atoms with van der Waals surface area (Å²) in [5.74, 6) is 5.66. The number of nitrogens with zero attached hydrogens (tertiary/aromatic N) is 2. The minimum atomic E-state index is -0.870. The Balaban J connectivity index is 2.66. The van der Waals surface area contributed by atoms with Gasteiger partial charge in [-0.15, -0.1) is 0 Å². The molecule has 1 atom stereocenters. The number of aromatic nitrogens is 2. The maximum atomic E-state index is 9.10. The number of hydrogen-bond donors (Lipinski definition) is 5. The number of nitrogens with one attached hydrogen (secondary N) is 2. The van der Waals surface area contributed by atoms with Crippen LogP contribution in [0.5, 0.6) is 0 Å². The highest BCUT2D eigenvalue weighted by Crippen LogP contribution is 2.18. The van der Waals surface area contributed by atoms with Crippen LogP contribution in [0.25, 0.3) is 0 Å². The first kappa shape index (κ1) is 11.9. The van der Waals surface area contributed by atoms with E-state index in [0.29, 0.717) is 10.8 Å². The first-order chi connectivity index (χ1) is 7.17. The normalized spacial score (nSPS) is 12.3. The van der Waals surface area contributed by atoms with Crippen molar-refractivity contribution < 1.29 is 10.2 Å². The first-order valence-electron chi connectivity index (χ1n) is 4.19. The van der Waals surface area contributed by atoms with Crippen molar-refractivity contribution in [1.82, 2.24) is 9.97 Å². The van der Waals surface area contributed by atoms with Gasteiger partial charge in [-0.25, -0.2) is 10.8 Å². The van der Waals surface area contributed by atoms with E-state index in [0.717, 1.165) is 0 Å². The van der Waals surface area contributed by atoms with Crippen LogP contribution >= 0.6 is 11.6 Å². The fraction of sp³-hybridized carbons (Fsp3) is 0.429. The number of nitrogen functional groups attached to an aromatic ring is 1. The molecule has 6 N–H and O–H groups in total. The van der Waals surface area contributed by atoms with Gasteiger partial charge in [0.25, 0.3) is 0 Å². The summed E-state index contributed by atoms with van der Waals surface area (Å²) >= 11 is 5.78. The van der Waals surface area contributed by atoms with Crippen molar-refractivity contribution in [2.75, 3.05) is 23.9 Å². The highest BCUT2D eigenvalue weighted by atomic mass is 35.5. The van der Waals surface area contributed by atoms with E-state index in [9.17, 15) is 0 Å². The minimum absolute atomic E-state index is 0.136. The van der Waals surface area contributed by atoms with Gasteiger partial charge in [-0.05, 0) is 0 Å². The molecular weight excluding hydrogens is 222 g/mol. The van der Waals surface area contributed by atoms with E-state index in [4.69, 9.17) is 27.7 Å². The third-order valence-electron chi connectivity index (χ3n) is 1.59. The molecule has 84 valence electrons. The number of hydrazine groups is 1. The maximum absolute atomic E-state index is 9.10. The van der Waals surface area contributed by atoms with E-state index in [2.05, 4.69) is 20.7 Å². The summed E-state index contributed by atoms with van der Waals surface area (Å²) in [6.45, 7) is -0.199. The van der Waals surface area contributed by atoms with Gasteiger partial charge in [0.1, 0.15) is 5.02 Å². The fourth-order valence-corrected chi connectivity index (χ4v) is 0.998. The van der Waals surface area contributed by atoms with E-state index in [-0.39, 0.29) is 19.1 Å². The van der Waals surface area contributed by atoms with Gasteiger partial charge >= 0.3 is 0 Å². The van der Waals surface area contributed by atoms with Gasteiger partial charge in [-0.1, -0.05) is 11.6 Å². The van der Waals surface area contributed by atoms with Crippen LogP contribution in [0.4, 0.5) is 11.8 Å². The number of rotatable bonds is 5. The van der Waals surface area contributed by atoms with Crippen molar-refractivity contribution in [2.45, 2.75) is 6.10 Å². The summed E-state index contributed by atoms with van der Waals surface area (Å²) in [6.07, 6.45) is 0.502. The van der Waals surface area contributed by atoms with Crippen LogP contribution in [0.15, 0.2) is 6.20 Å². The molecule has 15 heavy (non-hydrogen) atoms. The zero-order valence-corrected chi connectivity index (χ0v) is 8.57. The average Bonchev–Trinajstić information content (AvgIpc) is 2.27. The van der Waals surface area contributed by atoms with Crippen LogP contribution in [0.3, 0.4) is 0 Å². The molecule has 0 fully saturated rings. The molecule has 1 aromatic rings. The van der Waals surface area contributed by atoms with E-state index in [1.165, 1.54) is 6.20 Å². The van der Waals surface area contributed by atoms with Crippen molar-refractivity contribution >= 4 is 23.4 Å². The Morgan fingerprint density at radius 2 is 2.33 bits per heavy atom. The second kappa shape index (κ2) is 5.66. The summed E-state index contributed by atoms with van der Waals surface area (Å²) in [7, 11) is 0. The maximum Gasteiger partial charge on any atom is 0.239 e. The number of nitrogens with two attached hydrogens (primary N) is 1. The Labute approximate surface area is 91.3 Å². The predicted molar refractivity (Wildman–Crippen MR) is 56.4 cm³/mol. The van der Waals surface area contributed by atoms with Crippen LogP contribution in [-0.2, 0) is 0 Å². The van der Waals surface area contributed by atoms with Crippen molar-refractivity contribution in [3.63, 3.8) is 0 Å². The lowest BCUT2D eigenvalue weighted by molar-refractivity contribution is 0.105. The molecule has 0 aliphatic carbocycles.